The number of ether oxygens (including phenoxy) is 1. The maximum Gasteiger partial charge on any atom is 0.185 e. The molecule has 6 rings (SSSR count). The number of furan rings is 1. The minimum atomic E-state index is -2.33. The normalized spacial score (nSPS) is 34.8. The maximum absolute atomic E-state index is 13.3. The predicted octanol–water partition coefficient (Wildman–Crippen LogP) is 2.30. The van der Waals surface area contributed by atoms with E-state index in [-0.39, 0.29) is 24.5 Å². The molecule has 1 aliphatic heterocycles. The van der Waals surface area contributed by atoms with Gasteiger partial charge in [0, 0.05) is 42.6 Å². The Hall–Kier alpha value is -2.85. The van der Waals surface area contributed by atoms with Gasteiger partial charge in [0.25, 0.3) is 0 Å². The summed E-state index contributed by atoms with van der Waals surface area (Å²) >= 11 is 0. The van der Waals surface area contributed by atoms with Crippen molar-refractivity contribution in [2.45, 2.75) is 63.3 Å². The topological polar surface area (TPSA) is 154 Å². The highest BCUT2D eigenvalue weighted by Crippen LogP contribution is 2.57. The van der Waals surface area contributed by atoms with Gasteiger partial charge in [-0.2, -0.15) is 0 Å². The fourth-order valence-corrected chi connectivity index (χ4v) is 7.76. The van der Waals surface area contributed by atoms with Crippen molar-refractivity contribution in [3.8, 4) is 16.9 Å². The Bertz CT molecular complexity index is 1310. The number of hydrogen-bond donors (Lipinski definition) is 4. The SMILES string of the molecule is CC(=O)C1C(=O)CC2CC3Cc4c(-c5ccoc5)cc(CC5CCOCC5)c(O)c4C(O)C3C(O)[C@]2(O)C1=O. The molecule has 4 aliphatic rings. The van der Waals surface area contributed by atoms with Gasteiger partial charge in [-0.3, -0.25) is 14.4 Å². The zero-order valence-electron chi connectivity index (χ0n) is 21.8. The van der Waals surface area contributed by atoms with Crippen molar-refractivity contribution in [3.05, 3.63) is 41.3 Å². The van der Waals surface area contributed by atoms with E-state index in [2.05, 4.69) is 0 Å². The number of carbonyl (C=O) groups excluding carboxylic acids is 3. The molecule has 2 saturated carbocycles. The van der Waals surface area contributed by atoms with E-state index in [0.29, 0.717) is 43.1 Å². The Labute approximate surface area is 225 Å². The number of phenols is 1. The zero-order valence-corrected chi connectivity index (χ0v) is 21.8. The lowest BCUT2D eigenvalue weighted by Crippen LogP contribution is -2.69. The highest BCUT2D eigenvalue weighted by molar-refractivity contribution is 6.22. The van der Waals surface area contributed by atoms with Crippen molar-refractivity contribution in [1.29, 1.82) is 0 Å². The summed E-state index contributed by atoms with van der Waals surface area (Å²) in [4.78, 5) is 38.1. The molecule has 3 aliphatic carbocycles. The first-order chi connectivity index (χ1) is 18.6. The summed E-state index contributed by atoms with van der Waals surface area (Å²) in [6.07, 6.45) is 2.78. The number of hydrogen-bond acceptors (Lipinski definition) is 9. The standard InChI is InChI=1S/C30H34O9/c1-14(31)23-22(32)12-19-9-17-10-21-20(16-4-7-39-13-16)11-18(8-15-2-5-38-6-3-15)26(33)25(21)27(34)24(17)29(36)30(19,37)28(23)35/h4,7,11,13,15,17,19,23-24,27,29,33-34,36-37H,2-3,5-6,8-10,12H2,1H3/t17?,19?,23?,24?,27?,29?,30-/m1/s1. The molecule has 9 heteroatoms. The molecule has 2 heterocycles. The summed E-state index contributed by atoms with van der Waals surface area (Å²) in [6, 6.07) is 3.76. The van der Waals surface area contributed by atoms with Gasteiger partial charge < -0.3 is 29.6 Å². The number of aliphatic hydroxyl groups excluding tert-OH is 2. The monoisotopic (exact) mass is 538 g/mol. The van der Waals surface area contributed by atoms with Gasteiger partial charge in [-0.05, 0) is 79.7 Å². The summed E-state index contributed by atoms with van der Waals surface area (Å²) in [7, 11) is 0. The van der Waals surface area contributed by atoms with E-state index in [1.807, 2.05) is 12.1 Å². The molecule has 0 spiro atoms. The van der Waals surface area contributed by atoms with E-state index in [9.17, 15) is 34.8 Å². The second-order valence-corrected chi connectivity index (χ2v) is 11.9. The van der Waals surface area contributed by atoms with Crippen molar-refractivity contribution in [2.75, 3.05) is 13.2 Å². The minimum Gasteiger partial charge on any atom is -0.507 e. The second-order valence-electron chi connectivity index (χ2n) is 11.9. The Balaban J connectivity index is 1.44. The van der Waals surface area contributed by atoms with Crippen LogP contribution in [0.2, 0.25) is 0 Å². The third-order valence-electron chi connectivity index (χ3n) is 9.74. The van der Waals surface area contributed by atoms with Gasteiger partial charge in [0.2, 0.25) is 0 Å². The number of rotatable bonds is 4. The number of Topliss-reactive ketones (excluding diaryl/α,β-unsaturated/α-hetero) is 3. The van der Waals surface area contributed by atoms with Gasteiger partial charge in [-0.1, -0.05) is 0 Å². The van der Waals surface area contributed by atoms with Gasteiger partial charge in [0.15, 0.2) is 17.2 Å². The summed E-state index contributed by atoms with van der Waals surface area (Å²) in [5.74, 6) is -5.75. The highest BCUT2D eigenvalue weighted by atomic mass is 16.5. The summed E-state index contributed by atoms with van der Waals surface area (Å²) in [5, 5.41) is 46.4. The van der Waals surface area contributed by atoms with Crippen LogP contribution in [0.3, 0.4) is 0 Å². The summed E-state index contributed by atoms with van der Waals surface area (Å²) in [5.41, 5.74) is 0.982. The zero-order chi connectivity index (χ0) is 27.6. The third-order valence-corrected chi connectivity index (χ3v) is 9.74. The molecular formula is C30H34O9. The van der Waals surface area contributed by atoms with Gasteiger partial charge in [-0.15, -0.1) is 0 Å². The number of aromatic hydroxyl groups is 1. The number of phenolic OH excluding ortho intramolecular Hbond substituents is 1. The van der Waals surface area contributed by atoms with Crippen LogP contribution in [0.1, 0.15) is 55.4 Å². The first kappa shape index (κ1) is 26.4. The van der Waals surface area contributed by atoms with Crippen LogP contribution < -0.4 is 0 Å². The van der Waals surface area contributed by atoms with Crippen LogP contribution in [0.4, 0.5) is 0 Å². The number of carbonyl (C=O) groups is 3. The van der Waals surface area contributed by atoms with Crippen LogP contribution in [0.5, 0.6) is 5.75 Å². The summed E-state index contributed by atoms with van der Waals surface area (Å²) < 4.78 is 10.8. The van der Waals surface area contributed by atoms with Crippen molar-refractivity contribution in [1.82, 2.24) is 0 Å². The van der Waals surface area contributed by atoms with Gasteiger partial charge in [-0.25, -0.2) is 0 Å². The lowest BCUT2D eigenvalue weighted by molar-refractivity contribution is -0.210. The molecule has 208 valence electrons. The van der Waals surface area contributed by atoms with E-state index in [1.165, 1.54) is 0 Å². The van der Waals surface area contributed by atoms with Crippen molar-refractivity contribution >= 4 is 17.3 Å². The van der Waals surface area contributed by atoms with E-state index in [1.54, 1.807) is 12.5 Å². The Morgan fingerprint density at radius 3 is 2.56 bits per heavy atom. The van der Waals surface area contributed by atoms with Crippen molar-refractivity contribution < 1.29 is 44.0 Å². The first-order valence-electron chi connectivity index (χ1n) is 13.8. The fraction of sp³-hybridized carbons (Fsp3) is 0.567. The van der Waals surface area contributed by atoms with Crippen LogP contribution in [0.25, 0.3) is 11.1 Å². The average molecular weight is 539 g/mol. The molecule has 9 nitrogen and oxygen atoms in total. The van der Waals surface area contributed by atoms with Crippen LogP contribution >= 0.6 is 0 Å². The average Bonchev–Trinajstić information content (AvgIpc) is 3.43. The van der Waals surface area contributed by atoms with E-state index < -0.39 is 52.9 Å². The van der Waals surface area contributed by atoms with Crippen LogP contribution in [0, 0.1) is 29.6 Å². The molecule has 0 radical (unpaired) electrons. The molecular weight excluding hydrogens is 504 g/mol. The fourth-order valence-electron chi connectivity index (χ4n) is 7.76. The number of aliphatic hydroxyl groups is 3. The van der Waals surface area contributed by atoms with Crippen LogP contribution in [-0.4, -0.2) is 62.7 Å². The molecule has 6 unspecified atom stereocenters. The van der Waals surface area contributed by atoms with E-state index in [4.69, 9.17) is 9.15 Å². The smallest absolute Gasteiger partial charge is 0.185 e. The van der Waals surface area contributed by atoms with E-state index in [0.717, 1.165) is 36.5 Å². The summed E-state index contributed by atoms with van der Waals surface area (Å²) in [6.45, 7) is 2.44. The highest BCUT2D eigenvalue weighted by Gasteiger charge is 2.65. The molecule has 1 aromatic heterocycles. The molecule has 7 atom stereocenters. The van der Waals surface area contributed by atoms with Crippen LogP contribution in [0.15, 0.2) is 29.1 Å². The minimum absolute atomic E-state index is 0.0391. The molecule has 2 aromatic rings. The van der Waals surface area contributed by atoms with Crippen molar-refractivity contribution in [2.24, 2.45) is 29.6 Å². The molecule has 1 saturated heterocycles. The Kier molecular flexibility index (Phi) is 6.53. The lowest BCUT2D eigenvalue weighted by atomic mass is 9.52. The van der Waals surface area contributed by atoms with Gasteiger partial charge >= 0.3 is 0 Å². The third kappa shape index (κ3) is 4.01. The molecule has 39 heavy (non-hydrogen) atoms. The Morgan fingerprint density at radius 2 is 1.90 bits per heavy atom. The predicted molar refractivity (Wildman–Crippen MR) is 137 cm³/mol. The molecule has 0 bridgehead atoms. The van der Waals surface area contributed by atoms with Crippen LogP contribution in [-0.2, 0) is 32.0 Å². The maximum atomic E-state index is 13.3. The number of fused-ring (bicyclic) bond motifs is 3. The van der Waals surface area contributed by atoms with Gasteiger partial charge in [0.05, 0.1) is 24.7 Å². The molecule has 1 aromatic carbocycles. The Morgan fingerprint density at radius 1 is 1.15 bits per heavy atom. The quantitative estimate of drug-likeness (QED) is 0.429. The second kappa shape index (κ2) is 9.66. The number of benzene rings is 1. The first-order valence-corrected chi connectivity index (χ1v) is 13.8. The lowest BCUT2D eigenvalue weighted by Gasteiger charge is -2.55. The largest absolute Gasteiger partial charge is 0.507 e. The molecule has 3 fully saturated rings. The number of ketones is 3. The van der Waals surface area contributed by atoms with Crippen molar-refractivity contribution in [3.63, 3.8) is 0 Å². The molecule has 4 N–H and O–H groups in total. The van der Waals surface area contributed by atoms with E-state index >= 15 is 0 Å². The van der Waals surface area contributed by atoms with Gasteiger partial charge in [0.1, 0.15) is 17.5 Å². The molecule has 0 amide bonds.